The summed E-state index contributed by atoms with van der Waals surface area (Å²) in [4.78, 5) is 10.7. The molecular weight excluding hydrogens is 208 g/mol. The molecule has 2 aliphatic rings. The highest BCUT2D eigenvalue weighted by atomic mass is 16.5. The molecule has 5 nitrogen and oxygen atoms in total. The Bertz CT molecular complexity index is 272. The van der Waals surface area contributed by atoms with E-state index in [1.54, 1.807) is 0 Å². The van der Waals surface area contributed by atoms with Crippen molar-refractivity contribution in [1.29, 1.82) is 0 Å². The molecule has 1 saturated carbocycles. The van der Waals surface area contributed by atoms with Crippen LogP contribution in [0.3, 0.4) is 0 Å². The number of nitrogens with two attached hydrogens (primary N) is 1. The average molecular weight is 228 g/mol. The van der Waals surface area contributed by atoms with E-state index in [0.717, 1.165) is 19.3 Å². The van der Waals surface area contributed by atoms with Gasteiger partial charge in [-0.15, -0.1) is 0 Å². The molecule has 5 heteroatoms. The smallest absolute Gasteiger partial charge is 0.320 e. The van der Waals surface area contributed by atoms with Gasteiger partial charge in [0.2, 0.25) is 0 Å². The van der Waals surface area contributed by atoms with Crippen molar-refractivity contribution >= 4 is 5.97 Å². The average Bonchev–Trinajstić information content (AvgIpc) is 2.57. The van der Waals surface area contributed by atoms with Gasteiger partial charge in [0, 0.05) is 12.6 Å². The molecule has 0 spiro atoms. The molecule has 1 aliphatic heterocycles. The first-order valence-corrected chi connectivity index (χ1v) is 6.03. The predicted molar refractivity (Wildman–Crippen MR) is 58.0 cm³/mol. The molecular formula is C11H20N2O3. The van der Waals surface area contributed by atoms with Crippen molar-refractivity contribution in [2.75, 3.05) is 6.54 Å². The van der Waals surface area contributed by atoms with E-state index in [-0.39, 0.29) is 12.0 Å². The second-order valence-corrected chi connectivity index (χ2v) is 5.08. The summed E-state index contributed by atoms with van der Waals surface area (Å²) in [6.45, 7) is 0.580. The van der Waals surface area contributed by atoms with Gasteiger partial charge in [0.05, 0.1) is 0 Å². The fourth-order valence-corrected chi connectivity index (χ4v) is 3.25. The quantitative estimate of drug-likeness (QED) is 0.661. The maximum atomic E-state index is 10.7. The summed E-state index contributed by atoms with van der Waals surface area (Å²) >= 11 is 0. The van der Waals surface area contributed by atoms with Gasteiger partial charge in [-0.25, -0.2) is 0 Å². The maximum absolute atomic E-state index is 10.7. The molecule has 1 saturated heterocycles. The standard InChI is InChI=1S/C11H20N2O3/c12-9(11(14)15)5-7-6-13(16)10-4-2-1-3-8(7)10/h7-10,16H,1-6,12H2,(H,14,15). The van der Waals surface area contributed by atoms with Gasteiger partial charge in [0.25, 0.3) is 0 Å². The number of hydroxylamine groups is 2. The van der Waals surface area contributed by atoms with Gasteiger partial charge in [0.1, 0.15) is 6.04 Å². The van der Waals surface area contributed by atoms with Crippen LogP contribution in [0, 0.1) is 11.8 Å². The van der Waals surface area contributed by atoms with Crippen molar-refractivity contribution in [1.82, 2.24) is 5.06 Å². The van der Waals surface area contributed by atoms with Crippen LogP contribution in [0.1, 0.15) is 32.1 Å². The summed E-state index contributed by atoms with van der Waals surface area (Å²) in [5.74, 6) is -0.269. The van der Waals surface area contributed by atoms with Gasteiger partial charge < -0.3 is 16.0 Å². The predicted octanol–water partition coefficient (Wildman–Crippen LogP) is 0.668. The molecule has 16 heavy (non-hydrogen) atoms. The normalized spacial score (nSPS) is 37.0. The molecule has 0 aromatic heterocycles. The third kappa shape index (κ3) is 2.21. The molecule has 0 bridgehead atoms. The van der Waals surface area contributed by atoms with Crippen molar-refractivity contribution < 1.29 is 15.1 Å². The number of fused-ring (bicyclic) bond motifs is 1. The van der Waals surface area contributed by atoms with Crippen molar-refractivity contribution in [3.05, 3.63) is 0 Å². The highest BCUT2D eigenvalue weighted by molar-refractivity contribution is 5.73. The highest BCUT2D eigenvalue weighted by Gasteiger charge is 2.43. The number of hydrogen-bond acceptors (Lipinski definition) is 4. The molecule has 0 aromatic carbocycles. The third-order valence-electron chi connectivity index (χ3n) is 4.07. The lowest BCUT2D eigenvalue weighted by Crippen LogP contribution is -2.35. The van der Waals surface area contributed by atoms with E-state index in [1.807, 2.05) is 0 Å². The van der Waals surface area contributed by atoms with E-state index >= 15 is 0 Å². The van der Waals surface area contributed by atoms with Gasteiger partial charge in [0.15, 0.2) is 0 Å². The number of hydrogen-bond donors (Lipinski definition) is 3. The molecule has 4 atom stereocenters. The lowest BCUT2D eigenvalue weighted by atomic mass is 9.78. The van der Waals surface area contributed by atoms with Crippen molar-refractivity contribution in [2.24, 2.45) is 17.6 Å². The Morgan fingerprint density at radius 3 is 2.81 bits per heavy atom. The molecule has 4 N–H and O–H groups in total. The fraction of sp³-hybridized carbons (Fsp3) is 0.909. The molecule has 4 unspecified atom stereocenters. The zero-order valence-electron chi connectivity index (χ0n) is 9.38. The summed E-state index contributed by atoms with van der Waals surface area (Å²) in [6, 6.07) is -0.557. The van der Waals surface area contributed by atoms with E-state index in [9.17, 15) is 10.0 Å². The summed E-state index contributed by atoms with van der Waals surface area (Å²) in [5.41, 5.74) is 5.56. The second kappa shape index (κ2) is 4.69. The van der Waals surface area contributed by atoms with Crippen LogP contribution in [0.2, 0.25) is 0 Å². The fourth-order valence-electron chi connectivity index (χ4n) is 3.25. The van der Waals surface area contributed by atoms with Gasteiger partial charge in [-0.05, 0) is 31.1 Å². The van der Waals surface area contributed by atoms with Crippen molar-refractivity contribution in [3.8, 4) is 0 Å². The first-order chi connectivity index (χ1) is 7.59. The molecule has 2 fully saturated rings. The zero-order valence-corrected chi connectivity index (χ0v) is 9.38. The Kier molecular flexibility index (Phi) is 3.47. The number of aliphatic carboxylic acids is 1. The molecule has 0 radical (unpaired) electrons. The molecule has 0 amide bonds. The SMILES string of the molecule is NC(CC1CN(O)C2CCCCC12)C(=O)O. The number of carbonyl (C=O) groups is 1. The van der Waals surface area contributed by atoms with Crippen LogP contribution < -0.4 is 5.73 Å². The van der Waals surface area contributed by atoms with Crippen molar-refractivity contribution in [3.63, 3.8) is 0 Å². The van der Waals surface area contributed by atoms with Gasteiger partial charge in [-0.1, -0.05) is 12.8 Å². The first kappa shape index (κ1) is 11.8. The number of nitrogens with zero attached hydrogens (tertiary/aromatic N) is 1. The minimum Gasteiger partial charge on any atom is -0.480 e. The first-order valence-electron chi connectivity index (χ1n) is 6.03. The minimum atomic E-state index is -0.941. The highest BCUT2D eigenvalue weighted by Crippen LogP contribution is 2.40. The Morgan fingerprint density at radius 2 is 2.12 bits per heavy atom. The van der Waals surface area contributed by atoms with Crippen LogP contribution >= 0.6 is 0 Å². The molecule has 1 heterocycles. The lowest BCUT2D eigenvalue weighted by molar-refractivity contribution is -0.139. The molecule has 92 valence electrons. The Morgan fingerprint density at radius 1 is 1.44 bits per heavy atom. The van der Waals surface area contributed by atoms with Crippen LogP contribution in [0.5, 0.6) is 0 Å². The monoisotopic (exact) mass is 228 g/mol. The van der Waals surface area contributed by atoms with E-state index in [0.29, 0.717) is 18.9 Å². The van der Waals surface area contributed by atoms with E-state index in [1.165, 1.54) is 11.5 Å². The van der Waals surface area contributed by atoms with Gasteiger partial charge in [-0.3, -0.25) is 4.79 Å². The van der Waals surface area contributed by atoms with Crippen LogP contribution in [0.15, 0.2) is 0 Å². The van der Waals surface area contributed by atoms with E-state index < -0.39 is 12.0 Å². The largest absolute Gasteiger partial charge is 0.480 e. The van der Waals surface area contributed by atoms with Crippen LogP contribution in [-0.2, 0) is 4.79 Å². The topological polar surface area (TPSA) is 86.8 Å². The maximum Gasteiger partial charge on any atom is 0.320 e. The van der Waals surface area contributed by atoms with E-state index in [4.69, 9.17) is 10.8 Å². The van der Waals surface area contributed by atoms with Crippen LogP contribution in [0.4, 0.5) is 0 Å². The third-order valence-corrected chi connectivity index (χ3v) is 4.07. The van der Waals surface area contributed by atoms with Crippen molar-refractivity contribution in [2.45, 2.75) is 44.2 Å². The second-order valence-electron chi connectivity index (χ2n) is 5.08. The number of carboxylic acid groups (broad SMARTS) is 1. The summed E-state index contributed by atoms with van der Waals surface area (Å²) < 4.78 is 0. The lowest BCUT2D eigenvalue weighted by Gasteiger charge is -2.30. The van der Waals surface area contributed by atoms with Gasteiger partial charge >= 0.3 is 5.97 Å². The Hall–Kier alpha value is -0.650. The minimum absolute atomic E-state index is 0.236. The zero-order chi connectivity index (χ0) is 11.7. The summed E-state index contributed by atoms with van der Waals surface area (Å²) in [6.07, 6.45) is 4.95. The summed E-state index contributed by atoms with van der Waals surface area (Å²) in [5, 5.41) is 20.0. The molecule has 2 rings (SSSR count). The Labute approximate surface area is 95.2 Å². The molecule has 1 aliphatic carbocycles. The molecule has 0 aromatic rings. The Balaban J connectivity index is 1.97. The van der Waals surface area contributed by atoms with Crippen LogP contribution in [-0.4, -0.2) is 40.0 Å². The number of rotatable bonds is 3. The van der Waals surface area contributed by atoms with Gasteiger partial charge in [-0.2, -0.15) is 5.06 Å². The van der Waals surface area contributed by atoms with Crippen LogP contribution in [0.25, 0.3) is 0 Å². The number of carboxylic acids is 1. The summed E-state index contributed by atoms with van der Waals surface area (Å²) in [7, 11) is 0. The van der Waals surface area contributed by atoms with E-state index in [2.05, 4.69) is 0 Å².